The van der Waals surface area contributed by atoms with E-state index in [1.54, 1.807) is 11.9 Å². The molecule has 0 saturated heterocycles. The summed E-state index contributed by atoms with van der Waals surface area (Å²) in [4.78, 5) is 29.7. The third kappa shape index (κ3) is 8.64. The van der Waals surface area contributed by atoms with Gasteiger partial charge >= 0.3 is 6.09 Å². The van der Waals surface area contributed by atoms with E-state index in [1.165, 1.54) is 0 Å². The molecule has 0 bridgehead atoms. The number of para-hydroxylation sites is 2. The number of nitrogens with one attached hydrogen (secondary N) is 3. The zero-order valence-corrected chi connectivity index (χ0v) is 20.3. The van der Waals surface area contributed by atoms with E-state index in [-0.39, 0.29) is 36.5 Å². The first-order chi connectivity index (χ1) is 13.8. The third-order valence-corrected chi connectivity index (χ3v) is 3.97. The van der Waals surface area contributed by atoms with Crippen LogP contribution in [0.4, 0.5) is 10.5 Å². The Bertz CT molecular complexity index is 736. The first-order valence-corrected chi connectivity index (χ1v) is 9.74. The number of rotatable bonds is 7. The van der Waals surface area contributed by atoms with Crippen molar-refractivity contribution >= 4 is 47.6 Å². The van der Waals surface area contributed by atoms with Crippen molar-refractivity contribution in [3.8, 4) is 5.75 Å². The number of hydrogen-bond donors (Lipinski definition) is 3. The average Bonchev–Trinajstić information content (AvgIpc) is 2.66. The lowest BCUT2D eigenvalue weighted by Gasteiger charge is -2.29. The highest BCUT2D eigenvalue weighted by atomic mass is 127. The molecule has 0 spiro atoms. The largest absolute Gasteiger partial charge is 0.482 e. The Morgan fingerprint density at radius 1 is 1.17 bits per heavy atom. The number of carbonyl (C=O) groups excluding carboxylic acids is 2. The lowest BCUT2D eigenvalue weighted by atomic mass is 10.2. The quantitative estimate of drug-likeness (QED) is 0.215. The number of fused-ring (bicyclic) bond motifs is 1. The smallest absolute Gasteiger partial charge is 0.407 e. The second-order valence-electron chi connectivity index (χ2n) is 7.51. The van der Waals surface area contributed by atoms with Gasteiger partial charge in [-0.05, 0) is 39.3 Å². The molecular weight excluding hydrogens is 501 g/mol. The van der Waals surface area contributed by atoms with Crippen molar-refractivity contribution in [3.05, 3.63) is 24.3 Å². The molecule has 0 aliphatic carbocycles. The number of carbonyl (C=O) groups is 2. The van der Waals surface area contributed by atoms with E-state index < -0.39 is 11.7 Å². The molecule has 10 heteroatoms. The van der Waals surface area contributed by atoms with Gasteiger partial charge in [0.05, 0.1) is 5.69 Å². The molecule has 9 nitrogen and oxygen atoms in total. The summed E-state index contributed by atoms with van der Waals surface area (Å²) in [5.41, 5.74) is 0.289. The number of amides is 2. The fourth-order valence-corrected chi connectivity index (χ4v) is 2.72. The molecule has 0 unspecified atom stereocenters. The van der Waals surface area contributed by atoms with Gasteiger partial charge in [0.25, 0.3) is 5.91 Å². The van der Waals surface area contributed by atoms with Crippen LogP contribution in [-0.4, -0.2) is 63.4 Å². The molecule has 1 aliphatic rings. The number of hydrogen-bond acceptors (Lipinski definition) is 5. The Kier molecular flexibility index (Phi) is 10.7. The Hall–Kier alpha value is -2.24. The van der Waals surface area contributed by atoms with Crippen molar-refractivity contribution < 1.29 is 19.1 Å². The molecule has 1 aromatic rings. The molecule has 0 aromatic heterocycles. The lowest BCUT2D eigenvalue weighted by molar-refractivity contribution is -0.121. The van der Waals surface area contributed by atoms with Crippen LogP contribution in [0.15, 0.2) is 29.3 Å². The van der Waals surface area contributed by atoms with Crippen LogP contribution in [0, 0.1) is 0 Å². The van der Waals surface area contributed by atoms with Gasteiger partial charge in [0, 0.05) is 33.2 Å². The summed E-state index contributed by atoms with van der Waals surface area (Å²) >= 11 is 0. The molecule has 168 valence electrons. The fourth-order valence-electron chi connectivity index (χ4n) is 2.72. The number of aliphatic imine (C=N–C) groups is 1. The number of alkyl carbamates (subject to hydrolysis) is 1. The lowest BCUT2D eigenvalue weighted by Crippen LogP contribution is -2.44. The SMILES string of the molecule is CN=C(NCCCN1C(=O)COc2ccccc21)NCCNC(=O)OC(C)(C)C.I. The first kappa shape index (κ1) is 25.8. The normalized spacial score (nSPS) is 13.5. The van der Waals surface area contributed by atoms with Crippen LogP contribution in [0.2, 0.25) is 0 Å². The minimum absolute atomic E-state index is 0. The number of anilines is 1. The third-order valence-electron chi connectivity index (χ3n) is 3.97. The summed E-state index contributed by atoms with van der Waals surface area (Å²) in [6, 6.07) is 7.53. The van der Waals surface area contributed by atoms with Gasteiger partial charge in [-0.25, -0.2) is 4.79 Å². The highest BCUT2D eigenvalue weighted by Crippen LogP contribution is 2.31. The van der Waals surface area contributed by atoms with Gasteiger partial charge in [0.2, 0.25) is 0 Å². The Morgan fingerprint density at radius 2 is 1.83 bits per heavy atom. The predicted octanol–water partition coefficient (Wildman–Crippen LogP) is 2.11. The van der Waals surface area contributed by atoms with Crippen molar-refractivity contribution in [2.45, 2.75) is 32.8 Å². The molecule has 2 rings (SSSR count). The summed E-state index contributed by atoms with van der Waals surface area (Å²) in [6.45, 7) is 7.68. The van der Waals surface area contributed by atoms with Crippen molar-refractivity contribution in [3.63, 3.8) is 0 Å². The average molecular weight is 533 g/mol. The molecule has 0 atom stereocenters. The van der Waals surface area contributed by atoms with Gasteiger partial charge in [-0.3, -0.25) is 9.79 Å². The molecule has 0 fully saturated rings. The van der Waals surface area contributed by atoms with Crippen LogP contribution in [0.1, 0.15) is 27.2 Å². The second-order valence-corrected chi connectivity index (χ2v) is 7.51. The predicted molar refractivity (Wildman–Crippen MR) is 128 cm³/mol. The van der Waals surface area contributed by atoms with Crippen LogP contribution in [0.5, 0.6) is 5.75 Å². The molecule has 0 radical (unpaired) electrons. The number of benzene rings is 1. The van der Waals surface area contributed by atoms with E-state index in [1.807, 2.05) is 45.0 Å². The highest BCUT2D eigenvalue weighted by molar-refractivity contribution is 14.0. The van der Waals surface area contributed by atoms with Crippen molar-refractivity contribution in [2.75, 3.05) is 44.7 Å². The van der Waals surface area contributed by atoms with E-state index in [0.717, 1.165) is 17.9 Å². The van der Waals surface area contributed by atoms with Crippen LogP contribution in [-0.2, 0) is 9.53 Å². The Labute approximate surface area is 195 Å². The van der Waals surface area contributed by atoms with Crippen molar-refractivity contribution in [2.24, 2.45) is 4.99 Å². The number of guanidine groups is 1. The van der Waals surface area contributed by atoms with Crippen LogP contribution in [0.25, 0.3) is 0 Å². The molecular formula is C20H32IN5O4. The van der Waals surface area contributed by atoms with Gasteiger partial charge in [0.15, 0.2) is 12.6 Å². The first-order valence-electron chi connectivity index (χ1n) is 9.74. The summed E-state index contributed by atoms with van der Waals surface area (Å²) in [7, 11) is 1.68. The molecule has 2 amide bonds. The molecule has 3 N–H and O–H groups in total. The zero-order chi connectivity index (χ0) is 21.3. The maximum Gasteiger partial charge on any atom is 0.407 e. The monoisotopic (exact) mass is 533 g/mol. The zero-order valence-electron chi connectivity index (χ0n) is 18.0. The van der Waals surface area contributed by atoms with Gasteiger partial charge < -0.3 is 30.3 Å². The van der Waals surface area contributed by atoms with E-state index in [0.29, 0.717) is 32.1 Å². The van der Waals surface area contributed by atoms with E-state index in [9.17, 15) is 9.59 Å². The van der Waals surface area contributed by atoms with Gasteiger partial charge in [-0.2, -0.15) is 0 Å². The maximum absolute atomic E-state index is 12.2. The Balaban J connectivity index is 0.00000450. The molecule has 0 saturated carbocycles. The van der Waals surface area contributed by atoms with E-state index >= 15 is 0 Å². The molecule has 1 heterocycles. The molecule has 1 aliphatic heterocycles. The van der Waals surface area contributed by atoms with Crippen LogP contribution in [0.3, 0.4) is 0 Å². The minimum atomic E-state index is -0.516. The minimum Gasteiger partial charge on any atom is -0.482 e. The number of ether oxygens (including phenoxy) is 2. The van der Waals surface area contributed by atoms with E-state index in [4.69, 9.17) is 9.47 Å². The molecule has 1 aromatic carbocycles. The summed E-state index contributed by atoms with van der Waals surface area (Å²) in [5, 5.41) is 9.00. The number of halogens is 1. The van der Waals surface area contributed by atoms with Crippen LogP contribution < -0.4 is 25.6 Å². The standard InChI is InChI=1S/C20H31N5O4.HI/c1-20(2,3)29-19(27)24-12-11-23-18(21-4)22-10-7-13-25-15-8-5-6-9-16(15)28-14-17(25)26;/h5-6,8-9H,7,10-14H2,1-4H3,(H,24,27)(H2,21,22,23);1H. The Morgan fingerprint density at radius 3 is 2.53 bits per heavy atom. The van der Waals surface area contributed by atoms with Gasteiger partial charge in [0.1, 0.15) is 11.4 Å². The van der Waals surface area contributed by atoms with Gasteiger partial charge in [-0.15, -0.1) is 24.0 Å². The van der Waals surface area contributed by atoms with Crippen LogP contribution >= 0.6 is 24.0 Å². The second kappa shape index (κ2) is 12.5. The summed E-state index contributed by atoms with van der Waals surface area (Å²) in [6.07, 6.45) is 0.300. The van der Waals surface area contributed by atoms with Gasteiger partial charge in [-0.1, -0.05) is 12.1 Å². The van der Waals surface area contributed by atoms with E-state index in [2.05, 4.69) is 20.9 Å². The van der Waals surface area contributed by atoms with Crippen molar-refractivity contribution in [1.29, 1.82) is 0 Å². The maximum atomic E-state index is 12.2. The summed E-state index contributed by atoms with van der Waals surface area (Å²) in [5.74, 6) is 1.32. The van der Waals surface area contributed by atoms with Crippen molar-refractivity contribution in [1.82, 2.24) is 16.0 Å². The summed E-state index contributed by atoms with van der Waals surface area (Å²) < 4.78 is 10.6. The topological polar surface area (TPSA) is 104 Å². The fraction of sp³-hybridized carbons (Fsp3) is 0.550. The number of nitrogens with zero attached hydrogens (tertiary/aromatic N) is 2. The molecule has 30 heavy (non-hydrogen) atoms. The highest BCUT2D eigenvalue weighted by Gasteiger charge is 2.24.